The fourth-order valence-electron chi connectivity index (χ4n) is 2.01. The van der Waals surface area contributed by atoms with Crippen LogP contribution in [0.25, 0.3) is 11.3 Å². The van der Waals surface area contributed by atoms with Gasteiger partial charge in [-0.15, -0.1) is 0 Å². The number of rotatable bonds is 6. The van der Waals surface area contributed by atoms with Gasteiger partial charge in [-0.3, -0.25) is 10.1 Å². The fourth-order valence-corrected chi connectivity index (χ4v) is 2.01. The highest BCUT2D eigenvalue weighted by Crippen LogP contribution is 2.21. The predicted molar refractivity (Wildman–Crippen MR) is 77.6 cm³/mol. The fraction of sp³-hybridized carbons (Fsp3) is 0.467. The van der Waals surface area contributed by atoms with E-state index < -0.39 is 0 Å². The van der Waals surface area contributed by atoms with Gasteiger partial charge in [-0.1, -0.05) is 13.8 Å². The van der Waals surface area contributed by atoms with Gasteiger partial charge < -0.3 is 5.32 Å². The van der Waals surface area contributed by atoms with Crippen LogP contribution < -0.4 is 5.32 Å². The molecule has 0 spiro atoms. The van der Waals surface area contributed by atoms with E-state index in [1.807, 2.05) is 24.5 Å². The van der Waals surface area contributed by atoms with Crippen LogP contribution in [-0.2, 0) is 6.54 Å². The number of H-pyrrole nitrogens is 1. The molecule has 0 aliphatic carbocycles. The number of pyridine rings is 1. The average Bonchev–Trinajstić information content (AvgIpc) is 2.94. The highest BCUT2D eigenvalue weighted by molar-refractivity contribution is 5.61. The molecule has 0 fully saturated rings. The molecule has 2 heterocycles. The molecule has 0 aliphatic heterocycles. The summed E-state index contributed by atoms with van der Waals surface area (Å²) in [4.78, 5) is 4.15. The first kappa shape index (κ1) is 13.7. The van der Waals surface area contributed by atoms with Gasteiger partial charge in [-0.05, 0) is 31.9 Å². The summed E-state index contributed by atoms with van der Waals surface area (Å²) >= 11 is 0. The second kappa shape index (κ2) is 5.97. The number of nitrogens with zero attached hydrogens (tertiary/aromatic N) is 2. The number of hydrogen-bond acceptors (Lipinski definition) is 3. The summed E-state index contributed by atoms with van der Waals surface area (Å²) in [5.74, 6) is 0. The van der Waals surface area contributed by atoms with Gasteiger partial charge in [0, 0.05) is 35.6 Å². The third kappa shape index (κ3) is 3.20. The lowest BCUT2D eigenvalue weighted by Crippen LogP contribution is -2.40. The van der Waals surface area contributed by atoms with E-state index in [0.29, 0.717) is 0 Å². The van der Waals surface area contributed by atoms with Crippen LogP contribution in [-0.4, -0.2) is 20.7 Å². The van der Waals surface area contributed by atoms with Gasteiger partial charge in [0.1, 0.15) is 0 Å². The minimum atomic E-state index is 0.184. The molecule has 2 aromatic heterocycles. The first-order valence-corrected chi connectivity index (χ1v) is 6.86. The number of hydrogen-bond donors (Lipinski definition) is 2. The average molecular weight is 258 g/mol. The monoisotopic (exact) mass is 258 g/mol. The maximum atomic E-state index is 4.16. The molecule has 2 aromatic rings. The van der Waals surface area contributed by atoms with Gasteiger partial charge in [-0.25, -0.2) is 0 Å². The zero-order valence-electron chi connectivity index (χ0n) is 11.9. The van der Waals surface area contributed by atoms with Crippen LogP contribution >= 0.6 is 0 Å². The van der Waals surface area contributed by atoms with Gasteiger partial charge in [0.05, 0.1) is 11.9 Å². The van der Waals surface area contributed by atoms with Gasteiger partial charge in [0.15, 0.2) is 0 Å². The van der Waals surface area contributed by atoms with Crippen LogP contribution in [0.15, 0.2) is 30.7 Å². The van der Waals surface area contributed by atoms with Crippen molar-refractivity contribution in [1.82, 2.24) is 20.5 Å². The summed E-state index contributed by atoms with van der Waals surface area (Å²) in [6.45, 7) is 7.51. The lowest BCUT2D eigenvalue weighted by Gasteiger charge is -2.28. The molecule has 0 saturated carbocycles. The van der Waals surface area contributed by atoms with Crippen LogP contribution in [0.3, 0.4) is 0 Å². The second-order valence-corrected chi connectivity index (χ2v) is 5.13. The third-order valence-electron chi connectivity index (χ3n) is 3.93. The Balaban J connectivity index is 2.13. The van der Waals surface area contributed by atoms with E-state index in [4.69, 9.17) is 0 Å². The Kier molecular flexibility index (Phi) is 4.32. The molecule has 0 radical (unpaired) electrons. The Bertz CT molecular complexity index is 500. The van der Waals surface area contributed by atoms with Crippen molar-refractivity contribution in [3.8, 4) is 11.3 Å². The molecular formula is C15H22N4. The van der Waals surface area contributed by atoms with Crippen LogP contribution in [0.4, 0.5) is 0 Å². The summed E-state index contributed by atoms with van der Waals surface area (Å²) in [5.41, 5.74) is 3.49. The number of nitrogens with one attached hydrogen (secondary N) is 2. The molecule has 0 bridgehead atoms. The Morgan fingerprint density at radius 1 is 1.26 bits per heavy atom. The Labute approximate surface area is 114 Å². The van der Waals surface area contributed by atoms with Crippen LogP contribution in [0.1, 0.15) is 39.2 Å². The zero-order valence-corrected chi connectivity index (χ0v) is 11.9. The quantitative estimate of drug-likeness (QED) is 0.837. The molecule has 4 heteroatoms. The minimum absolute atomic E-state index is 0.184. The predicted octanol–water partition coefficient (Wildman–Crippen LogP) is 3.14. The molecule has 0 atom stereocenters. The lowest BCUT2D eigenvalue weighted by atomic mass is 9.95. The summed E-state index contributed by atoms with van der Waals surface area (Å²) < 4.78 is 0. The number of aromatic amines is 1. The van der Waals surface area contributed by atoms with E-state index in [2.05, 4.69) is 41.3 Å². The van der Waals surface area contributed by atoms with Gasteiger partial charge in [0.2, 0.25) is 0 Å². The maximum Gasteiger partial charge on any atom is 0.0710 e. The smallest absolute Gasteiger partial charge is 0.0710 e. The minimum Gasteiger partial charge on any atom is -0.307 e. The topological polar surface area (TPSA) is 53.6 Å². The van der Waals surface area contributed by atoms with E-state index in [1.165, 1.54) is 5.56 Å². The van der Waals surface area contributed by atoms with Crippen molar-refractivity contribution in [2.24, 2.45) is 0 Å². The molecule has 4 nitrogen and oxygen atoms in total. The standard InChI is InChI=1S/C15H22N4/c1-4-15(3,5-2)17-10-13-11-18-19-14(13)12-7-6-8-16-9-12/h6-9,11,17H,4-5,10H2,1-3H3,(H,18,19). The number of aromatic nitrogens is 3. The SMILES string of the molecule is CCC(C)(CC)NCc1cn[nH]c1-c1cccnc1. The normalized spacial score (nSPS) is 11.7. The molecule has 0 unspecified atom stereocenters. The van der Waals surface area contributed by atoms with Gasteiger partial charge >= 0.3 is 0 Å². The molecule has 0 amide bonds. The Morgan fingerprint density at radius 3 is 2.68 bits per heavy atom. The Hall–Kier alpha value is -1.68. The van der Waals surface area contributed by atoms with E-state index in [-0.39, 0.29) is 5.54 Å². The van der Waals surface area contributed by atoms with Crippen LogP contribution in [0, 0.1) is 0 Å². The molecule has 0 aliphatic rings. The van der Waals surface area contributed by atoms with E-state index >= 15 is 0 Å². The molecule has 19 heavy (non-hydrogen) atoms. The second-order valence-electron chi connectivity index (χ2n) is 5.13. The van der Waals surface area contributed by atoms with E-state index in [1.54, 1.807) is 6.20 Å². The summed E-state index contributed by atoms with van der Waals surface area (Å²) in [6, 6.07) is 3.98. The largest absolute Gasteiger partial charge is 0.307 e. The van der Waals surface area contributed by atoms with Crippen molar-refractivity contribution < 1.29 is 0 Å². The van der Waals surface area contributed by atoms with Crippen molar-refractivity contribution in [3.05, 3.63) is 36.3 Å². The van der Waals surface area contributed by atoms with E-state index in [0.717, 1.165) is 30.6 Å². The molecular weight excluding hydrogens is 236 g/mol. The van der Waals surface area contributed by atoms with Crippen LogP contribution in [0.5, 0.6) is 0 Å². The molecule has 0 aromatic carbocycles. The van der Waals surface area contributed by atoms with Gasteiger partial charge in [0.25, 0.3) is 0 Å². The van der Waals surface area contributed by atoms with Crippen molar-refractivity contribution in [1.29, 1.82) is 0 Å². The van der Waals surface area contributed by atoms with E-state index in [9.17, 15) is 0 Å². The van der Waals surface area contributed by atoms with Crippen molar-refractivity contribution in [2.75, 3.05) is 0 Å². The maximum absolute atomic E-state index is 4.16. The van der Waals surface area contributed by atoms with Crippen molar-refractivity contribution in [3.63, 3.8) is 0 Å². The molecule has 2 N–H and O–H groups in total. The summed E-state index contributed by atoms with van der Waals surface area (Å²) in [5, 5.41) is 10.9. The zero-order chi connectivity index (χ0) is 13.7. The molecule has 102 valence electrons. The van der Waals surface area contributed by atoms with Crippen LogP contribution in [0.2, 0.25) is 0 Å². The van der Waals surface area contributed by atoms with Crippen molar-refractivity contribution >= 4 is 0 Å². The Morgan fingerprint density at radius 2 is 2.05 bits per heavy atom. The van der Waals surface area contributed by atoms with Crippen molar-refractivity contribution in [2.45, 2.75) is 45.7 Å². The first-order valence-electron chi connectivity index (χ1n) is 6.86. The lowest BCUT2D eigenvalue weighted by molar-refractivity contribution is 0.329. The summed E-state index contributed by atoms with van der Waals surface area (Å²) in [6.07, 6.45) is 7.76. The highest BCUT2D eigenvalue weighted by atomic mass is 15.1. The summed E-state index contributed by atoms with van der Waals surface area (Å²) in [7, 11) is 0. The highest BCUT2D eigenvalue weighted by Gasteiger charge is 2.19. The third-order valence-corrected chi connectivity index (χ3v) is 3.93. The first-order chi connectivity index (χ1) is 9.18. The molecule has 0 saturated heterocycles. The van der Waals surface area contributed by atoms with Gasteiger partial charge in [-0.2, -0.15) is 5.10 Å². The molecule has 2 rings (SSSR count).